The topological polar surface area (TPSA) is 110 Å². The van der Waals surface area contributed by atoms with Crippen molar-refractivity contribution < 1.29 is 18.0 Å². The Bertz CT molecular complexity index is 1290. The standard InChI is InChI=1S/C20H16Cl2N4O4S/c21-13-5-7-14(8-6-13)26-18(15-10-31(29,30)11-17(15)25-26)24-20(28)19(27)23-9-12-3-1-2-4-16(12)22/h1-8H,9-11H2,(H,23,27)(H,24,28). The van der Waals surface area contributed by atoms with Gasteiger partial charge < -0.3 is 10.6 Å². The minimum Gasteiger partial charge on any atom is -0.344 e. The van der Waals surface area contributed by atoms with Crippen LogP contribution in [0.5, 0.6) is 0 Å². The van der Waals surface area contributed by atoms with Crippen LogP contribution in [0.25, 0.3) is 5.69 Å². The lowest BCUT2D eigenvalue weighted by Crippen LogP contribution is -2.35. The molecule has 31 heavy (non-hydrogen) atoms. The summed E-state index contributed by atoms with van der Waals surface area (Å²) in [5, 5.41) is 10.3. The number of carbonyl (C=O) groups excluding carboxylic acids is 2. The molecule has 0 atom stereocenters. The van der Waals surface area contributed by atoms with Crippen LogP contribution in [0.1, 0.15) is 16.8 Å². The Hall–Kier alpha value is -2.88. The minimum absolute atomic E-state index is 0.0643. The SMILES string of the molecule is O=C(NCc1ccccc1Cl)C(=O)Nc1c2c(nn1-c1ccc(Cl)cc1)CS(=O)(=O)C2. The summed E-state index contributed by atoms with van der Waals surface area (Å²) >= 11 is 12.0. The molecule has 11 heteroatoms. The van der Waals surface area contributed by atoms with Gasteiger partial charge in [-0.15, -0.1) is 0 Å². The molecule has 1 aliphatic heterocycles. The molecule has 1 aliphatic rings. The number of hydrogen-bond acceptors (Lipinski definition) is 5. The second-order valence-electron chi connectivity index (χ2n) is 6.92. The quantitative estimate of drug-likeness (QED) is 0.560. The first kappa shape index (κ1) is 21.4. The number of halogens is 2. The number of fused-ring (bicyclic) bond motifs is 1. The summed E-state index contributed by atoms with van der Waals surface area (Å²) < 4.78 is 25.5. The molecule has 0 saturated heterocycles. The third kappa shape index (κ3) is 4.58. The normalized spacial score (nSPS) is 14.1. The molecule has 0 saturated carbocycles. The predicted molar refractivity (Wildman–Crippen MR) is 117 cm³/mol. The zero-order valence-corrected chi connectivity index (χ0v) is 18.3. The Morgan fingerprint density at radius 2 is 1.71 bits per heavy atom. The second kappa shape index (κ2) is 8.33. The highest BCUT2D eigenvalue weighted by Gasteiger charge is 2.33. The summed E-state index contributed by atoms with van der Waals surface area (Å²) in [6, 6.07) is 13.6. The Morgan fingerprint density at radius 1 is 1.00 bits per heavy atom. The molecule has 0 fully saturated rings. The van der Waals surface area contributed by atoms with Crippen molar-refractivity contribution in [3.05, 3.63) is 75.4 Å². The third-order valence-corrected chi connectivity index (χ3v) is 6.76. The summed E-state index contributed by atoms with van der Waals surface area (Å²) in [7, 11) is -3.36. The number of rotatable bonds is 4. The van der Waals surface area contributed by atoms with E-state index in [1.807, 2.05) is 0 Å². The van der Waals surface area contributed by atoms with E-state index in [-0.39, 0.29) is 23.9 Å². The molecule has 2 heterocycles. The van der Waals surface area contributed by atoms with E-state index in [0.29, 0.717) is 32.6 Å². The minimum atomic E-state index is -3.36. The van der Waals surface area contributed by atoms with E-state index in [4.69, 9.17) is 23.2 Å². The number of amides is 2. The molecule has 0 aliphatic carbocycles. The van der Waals surface area contributed by atoms with Gasteiger partial charge in [-0.2, -0.15) is 5.10 Å². The van der Waals surface area contributed by atoms with Gasteiger partial charge in [0.15, 0.2) is 9.84 Å². The average molecular weight is 479 g/mol. The number of nitrogens with zero attached hydrogens (tertiary/aromatic N) is 2. The molecule has 4 rings (SSSR count). The Kier molecular flexibility index (Phi) is 5.74. The Balaban J connectivity index is 1.58. The first-order valence-electron chi connectivity index (χ1n) is 9.13. The van der Waals surface area contributed by atoms with Gasteiger partial charge in [0.2, 0.25) is 0 Å². The largest absolute Gasteiger partial charge is 0.344 e. The molecule has 0 radical (unpaired) electrons. The molecular formula is C20H16Cl2N4O4S. The first-order chi connectivity index (χ1) is 14.7. The van der Waals surface area contributed by atoms with E-state index in [9.17, 15) is 18.0 Å². The molecule has 2 N–H and O–H groups in total. The van der Waals surface area contributed by atoms with Gasteiger partial charge in [0, 0.05) is 22.2 Å². The number of carbonyl (C=O) groups is 2. The van der Waals surface area contributed by atoms with Crippen LogP contribution in [0.3, 0.4) is 0 Å². The zero-order chi connectivity index (χ0) is 22.2. The highest BCUT2D eigenvalue weighted by Crippen LogP contribution is 2.33. The molecule has 3 aromatic rings. The molecular weight excluding hydrogens is 463 g/mol. The van der Waals surface area contributed by atoms with E-state index in [2.05, 4.69) is 15.7 Å². The lowest BCUT2D eigenvalue weighted by molar-refractivity contribution is -0.136. The lowest BCUT2D eigenvalue weighted by atomic mass is 10.2. The van der Waals surface area contributed by atoms with Crippen LogP contribution in [-0.2, 0) is 37.5 Å². The van der Waals surface area contributed by atoms with Gasteiger partial charge in [-0.25, -0.2) is 13.1 Å². The van der Waals surface area contributed by atoms with E-state index < -0.39 is 21.7 Å². The Morgan fingerprint density at radius 3 is 2.42 bits per heavy atom. The predicted octanol–water partition coefficient (Wildman–Crippen LogP) is 2.86. The van der Waals surface area contributed by atoms with E-state index in [1.54, 1.807) is 48.5 Å². The fourth-order valence-electron chi connectivity index (χ4n) is 3.20. The van der Waals surface area contributed by atoms with Crippen molar-refractivity contribution in [3.63, 3.8) is 0 Å². The molecule has 0 bridgehead atoms. The smallest absolute Gasteiger partial charge is 0.314 e. The second-order valence-corrected chi connectivity index (χ2v) is 9.83. The van der Waals surface area contributed by atoms with Gasteiger partial charge in [-0.05, 0) is 35.9 Å². The molecule has 8 nitrogen and oxygen atoms in total. The van der Waals surface area contributed by atoms with Crippen LogP contribution >= 0.6 is 23.2 Å². The molecule has 0 unspecified atom stereocenters. The first-order valence-corrected chi connectivity index (χ1v) is 11.7. The van der Waals surface area contributed by atoms with Crippen LogP contribution in [0.4, 0.5) is 5.82 Å². The summed E-state index contributed by atoms with van der Waals surface area (Å²) in [4.78, 5) is 24.9. The van der Waals surface area contributed by atoms with E-state index in [0.717, 1.165) is 0 Å². The summed E-state index contributed by atoms with van der Waals surface area (Å²) in [5.74, 6) is -2.21. The molecule has 0 spiro atoms. The van der Waals surface area contributed by atoms with Crippen molar-refractivity contribution in [2.45, 2.75) is 18.1 Å². The van der Waals surface area contributed by atoms with Gasteiger partial charge in [0.25, 0.3) is 0 Å². The summed E-state index contributed by atoms with van der Waals surface area (Å²) in [5.41, 5.74) is 1.91. The fraction of sp³-hybridized carbons (Fsp3) is 0.150. The van der Waals surface area contributed by atoms with Gasteiger partial charge in [-0.3, -0.25) is 9.59 Å². The number of benzene rings is 2. The van der Waals surface area contributed by atoms with Crippen molar-refractivity contribution in [2.24, 2.45) is 0 Å². The van der Waals surface area contributed by atoms with Gasteiger partial charge in [-0.1, -0.05) is 41.4 Å². The van der Waals surface area contributed by atoms with Crippen molar-refractivity contribution in [2.75, 3.05) is 5.32 Å². The summed E-state index contributed by atoms with van der Waals surface area (Å²) in [6.45, 7) is 0.0643. The van der Waals surface area contributed by atoms with E-state index >= 15 is 0 Å². The van der Waals surface area contributed by atoms with Crippen molar-refractivity contribution in [3.8, 4) is 5.69 Å². The lowest BCUT2D eigenvalue weighted by Gasteiger charge is -2.11. The number of nitrogens with one attached hydrogen (secondary N) is 2. The van der Waals surface area contributed by atoms with Crippen LogP contribution in [0.15, 0.2) is 48.5 Å². The highest BCUT2D eigenvalue weighted by molar-refractivity contribution is 7.90. The molecule has 2 amide bonds. The maximum Gasteiger partial charge on any atom is 0.314 e. The van der Waals surface area contributed by atoms with Crippen molar-refractivity contribution in [1.82, 2.24) is 15.1 Å². The highest BCUT2D eigenvalue weighted by atomic mass is 35.5. The average Bonchev–Trinajstić information content (AvgIpc) is 3.20. The monoisotopic (exact) mass is 478 g/mol. The molecule has 2 aromatic carbocycles. The summed E-state index contributed by atoms with van der Waals surface area (Å²) in [6.07, 6.45) is 0. The van der Waals surface area contributed by atoms with Crippen LogP contribution in [-0.4, -0.2) is 30.0 Å². The van der Waals surface area contributed by atoms with Crippen LogP contribution < -0.4 is 10.6 Å². The number of hydrogen-bond donors (Lipinski definition) is 2. The third-order valence-electron chi connectivity index (χ3n) is 4.69. The van der Waals surface area contributed by atoms with Crippen molar-refractivity contribution >= 4 is 50.7 Å². The van der Waals surface area contributed by atoms with Crippen LogP contribution in [0.2, 0.25) is 10.0 Å². The Labute approximate surface area is 188 Å². The maximum absolute atomic E-state index is 12.5. The van der Waals surface area contributed by atoms with Crippen LogP contribution in [0, 0.1) is 0 Å². The number of sulfone groups is 1. The molecule has 1 aromatic heterocycles. The van der Waals surface area contributed by atoms with Gasteiger partial charge in [0.05, 0.1) is 22.9 Å². The maximum atomic E-state index is 12.5. The number of aromatic nitrogens is 2. The van der Waals surface area contributed by atoms with Gasteiger partial charge in [0.1, 0.15) is 5.82 Å². The van der Waals surface area contributed by atoms with Gasteiger partial charge >= 0.3 is 11.8 Å². The zero-order valence-electron chi connectivity index (χ0n) is 15.9. The van der Waals surface area contributed by atoms with Crippen molar-refractivity contribution in [1.29, 1.82) is 0 Å². The van der Waals surface area contributed by atoms with E-state index in [1.165, 1.54) is 4.68 Å². The fourth-order valence-corrected chi connectivity index (χ4v) is 5.02. The molecule has 160 valence electrons. The number of anilines is 1.